The van der Waals surface area contributed by atoms with Crippen molar-refractivity contribution in [3.8, 4) is 5.75 Å². The fourth-order valence-corrected chi connectivity index (χ4v) is 1.39. The highest BCUT2D eigenvalue weighted by Gasteiger charge is 1.99. The fourth-order valence-electron chi connectivity index (χ4n) is 1.39. The van der Waals surface area contributed by atoms with Gasteiger partial charge in [0.25, 0.3) is 0 Å². The molecule has 92 valence electrons. The number of nitrogens with zero attached hydrogens (tertiary/aromatic N) is 3. The predicted octanol–water partition coefficient (Wildman–Crippen LogP) is 2.31. The van der Waals surface area contributed by atoms with Gasteiger partial charge >= 0.3 is 0 Å². The zero-order valence-electron chi connectivity index (χ0n) is 10.1. The summed E-state index contributed by atoms with van der Waals surface area (Å²) in [5, 5.41) is 15.7. The molecule has 17 heavy (non-hydrogen) atoms. The fraction of sp³-hybridized carbons (Fsp3) is 0.333. The van der Waals surface area contributed by atoms with E-state index in [2.05, 4.69) is 33.4 Å². The lowest BCUT2D eigenvalue weighted by molar-refractivity contribution is 0.475. The minimum atomic E-state index is 0.325. The molecule has 2 aromatic rings. The molecule has 5 nitrogen and oxygen atoms in total. The number of phenols is 1. The number of hydrogen-bond acceptors (Lipinski definition) is 5. The van der Waals surface area contributed by atoms with Crippen LogP contribution >= 0.6 is 0 Å². The van der Waals surface area contributed by atoms with E-state index in [9.17, 15) is 0 Å². The molecule has 0 aliphatic carbocycles. The van der Waals surface area contributed by atoms with Gasteiger partial charge in [-0.15, -0.1) is 10.2 Å². The second kappa shape index (κ2) is 7.27. The molecule has 0 fully saturated rings. The Morgan fingerprint density at radius 1 is 1.06 bits per heavy atom. The largest absolute Gasteiger partial charge is 0.508 e. The monoisotopic (exact) mass is 235 g/mol. The topological polar surface area (TPSA) is 62.4 Å². The van der Waals surface area contributed by atoms with Gasteiger partial charge in [-0.05, 0) is 38.1 Å². The minimum absolute atomic E-state index is 0.325. The number of aromatic hydroxyl groups is 1. The Morgan fingerprint density at radius 3 is 1.94 bits per heavy atom. The van der Waals surface area contributed by atoms with Crippen molar-refractivity contribution >= 4 is 5.69 Å². The smallest absolute Gasteiger partial charge is 0.203 e. The van der Waals surface area contributed by atoms with Gasteiger partial charge in [-0.25, -0.2) is 0 Å². The molecule has 2 rings (SSSR count). The second-order valence-corrected chi connectivity index (χ2v) is 3.27. The maximum absolute atomic E-state index is 9.07. The average molecular weight is 235 g/mol. The standard InChI is InChI=1S/C10H15NO.C2H2N2O/c1-3-11(4-2)9-5-7-10(12)8-6-9;1-3-4-2-5-1/h5-8,12H,3-4H2,1-2H3;1-2H. The summed E-state index contributed by atoms with van der Waals surface area (Å²) in [6.45, 7) is 6.25. The van der Waals surface area contributed by atoms with Crippen LogP contribution in [0.25, 0.3) is 0 Å². The normalized spacial score (nSPS) is 9.29. The van der Waals surface area contributed by atoms with Gasteiger partial charge < -0.3 is 14.4 Å². The van der Waals surface area contributed by atoms with Crippen LogP contribution in [-0.4, -0.2) is 28.4 Å². The Labute approximate surface area is 101 Å². The van der Waals surface area contributed by atoms with E-state index in [1.54, 1.807) is 12.1 Å². The van der Waals surface area contributed by atoms with Gasteiger partial charge in [0.15, 0.2) is 0 Å². The van der Waals surface area contributed by atoms with E-state index in [-0.39, 0.29) is 0 Å². The second-order valence-electron chi connectivity index (χ2n) is 3.27. The van der Waals surface area contributed by atoms with Crippen LogP contribution in [0.4, 0.5) is 5.69 Å². The van der Waals surface area contributed by atoms with E-state index in [4.69, 9.17) is 5.11 Å². The Bertz CT molecular complexity index is 365. The molecule has 0 unspecified atom stereocenters. The van der Waals surface area contributed by atoms with Crippen LogP contribution in [0, 0.1) is 0 Å². The highest BCUT2D eigenvalue weighted by atomic mass is 16.3. The molecule has 0 saturated heterocycles. The van der Waals surface area contributed by atoms with E-state index in [0.717, 1.165) is 18.8 Å². The van der Waals surface area contributed by atoms with E-state index in [1.807, 2.05) is 12.1 Å². The van der Waals surface area contributed by atoms with Crippen LogP contribution in [0.2, 0.25) is 0 Å². The van der Waals surface area contributed by atoms with Gasteiger partial charge in [0.05, 0.1) is 0 Å². The van der Waals surface area contributed by atoms with E-state index in [0.29, 0.717) is 5.75 Å². The zero-order chi connectivity index (χ0) is 12.5. The number of phenolic OH excluding ortho intramolecular Hbond substituents is 1. The summed E-state index contributed by atoms with van der Waals surface area (Å²) in [4.78, 5) is 2.24. The van der Waals surface area contributed by atoms with Crippen molar-refractivity contribution < 1.29 is 9.52 Å². The van der Waals surface area contributed by atoms with Crippen LogP contribution < -0.4 is 4.90 Å². The third-order valence-electron chi connectivity index (χ3n) is 2.26. The first-order valence-electron chi connectivity index (χ1n) is 5.50. The Balaban J connectivity index is 0.000000239. The van der Waals surface area contributed by atoms with Crippen molar-refractivity contribution in [2.24, 2.45) is 0 Å². The maximum Gasteiger partial charge on any atom is 0.203 e. The van der Waals surface area contributed by atoms with Crippen LogP contribution in [0.15, 0.2) is 41.5 Å². The minimum Gasteiger partial charge on any atom is -0.508 e. The van der Waals surface area contributed by atoms with E-state index in [1.165, 1.54) is 12.8 Å². The maximum atomic E-state index is 9.07. The Morgan fingerprint density at radius 2 is 1.59 bits per heavy atom. The van der Waals surface area contributed by atoms with Gasteiger partial charge in [0.2, 0.25) is 12.8 Å². The molecule has 1 aromatic carbocycles. The Kier molecular flexibility index (Phi) is 5.57. The van der Waals surface area contributed by atoms with Crippen molar-refractivity contribution in [2.75, 3.05) is 18.0 Å². The average Bonchev–Trinajstić information content (AvgIpc) is 2.92. The first-order valence-corrected chi connectivity index (χ1v) is 5.50. The molecular formula is C12H17N3O2. The summed E-state index contributed by atoms with van der Waals surface area (Å²) < 4.78 is 4.36. The lowest BCUT2D eigenvalue weighted by atomic mass is 10.2. The summed E-state index contributed by atoms with van der Waals surface area (Å²) in [6, 6.07) is 7.30. The molecule has 1 heterocycles. The molecule has 5 heteroatoms. The molecule has 0 bridgehead atoms. The number of benzene rings is 1. The Hall–Kier alpha value is -2.04. The third kappa shape index (κ3) is 4.55. The van der Waals surface area contributed by atoms with Gasteiger partial charge in [0.1, 0.15) is 5.75 Å². The van der Waals surface area contributed by atoms with Crippen molar-refractivity contribution in [3.63, 3.8) is 0 Å². The summed E-state index contributed by atoms with van der Waals surface area (Å²) in [7, 11) is 0. The van der Waals surface area contributed by atoms with E-state index >= 15 is 0 Å². The molecule has 0 saturated carbocycles. The van der Waals surface area contributed by atoms with Gasteiger partial charge in [-0.3, -0.25) is 0 Å². The van der Waals surface area contributed by atoms with Crippen molar-refractivity contribution in [1.82, 2.24) is 10.2 Å². The summed E-state index contributed by atoms with van der Waals surface area (Å²) in [5.41, 5.74) is 1.16. The summed E-state index contributed by atoms with van der Waals surface area (Å²) in [5.74, 6) is 0.325. The molecule has 0 amide bonds. The number of rotatable bonds is 3. The molecule has 0 spiro atoms. The van der Waals surface area contributed by atoms with Crippen LogP contribution in [0.3, 0.4) is 0 Å². The van der Waals surface area contributed by atoms with Gasteiger partial charge in [-0.2, -0.15) is 0 Å². The highest BCUT2D eigenvalue weighted by molar-refractivity contribution is 5.48. The molecule has 0 aliphatic heterocycles. The van der Waals surface area contributed by atoms with E-state index < -0.39 is 0 Å². The molecule has 1 N–H and O–H groups in total. The van der Waals surface area contributed by atoms with Crippen LogP contribution in [0.5, 0.6) is 5.75 Å². The molecule has 0 aliphatic rings. The molecule has 1 aromatic heterocycles. The quantitative estimate of drug-likeness (QED) is 0.884. The summed E-state index contributed by atoms with van der Waals surface area (Å²) in [6.07, 6.45) is 2.53. The number of hydrogen-bond donors (Lipinski definition) is 1. The van der Waals surface area contributed by atoms with Gasteiger partial charge in [0, 0.05) is 18.8 Å². The highest BCUT2D eigenvalue weighted by Crippen LogP contribution is 2.17. The molecule has 0 radical (unpaired) electrons. The van der Waals surface area contributed by atoms with Crippen molar-refractivity contribution in [2.45, 2.75) is 13.8 Å². The molecule has 0 atom stereocenters. The first kappa shape index (κ1) is 13.0. The summed E-state index contributed by atoms with van der Waals surface area (Å²) >= 11 is 0. The van der Waals surface area contributed by atoms with Gasteiger partial charge in [-0.1, -0.05) is 0 Å². The number of anilines is 1. The van der Waals surface area contributed by atoms with Crippen molar-refractivity contribution in [3.05, 3.63) is 37.1 Å². The van der Waals surface area contributed by atoms with Crippen molar-refractivity contribution in [1.29, 1.82) is 0 Å². The first-order chi connectivity index (χ1) is 8.27. The van der Waals surface area contributed by atoms with Crippen LogP contribution in [-0.2, 0) is 0 Å². The lowest BCUT2D eigenvalue weighted by Gasteiger charge is -2.20. The third-order valence-corrected chi connectivity index (χ3v) is 2.26. The predicted molar refractivity (Wildman–Crippen MR) is 66.0 cm³/mol. The zero-order valence-corrected chi connectivity index (χ0v) is 10.1. The lowest BCUT2D eigenvalue weighted by Crippen LogP contribution is -2.21. The number of aromatic nitrogens is 2. The molecular weight excluding hydrogens is 218 g/mol. The SMILES string of the molecule is CCN(CC)c1ccc(O)cc1.c1nnco1. The van der Waals surface area contributed by atoms with Crippen LogP contribution in [0.1, 0.15) is 13.8 Å².